The molecule has 3 rings (SSSR count). The molecule has 1 fully saturated rings. The summed E-state index contributed by atoms with van der Waals surface area (Å²) in [5, 5.41) is 9.63. The Morgan fingerprint density at radius 3 is 2.39 bits per heavy atom. The molecule has 0 bridgehead atoms. The molecular weight excluding hydrogens is 294 g/mol. The number of piperidine rings is 1. The lowest BCUT2D eigenvalue weighted by atomic mass is 9.73. The van der Waals surface area contributed by atoms with Crippen LogP contribution >= 0.6 is 0 Å². The number of likely N-dealkylation sites (tertiary alicyclic amines) is 1. The van der Waals surface area contributed by atoms with Crippen molar-refractivity contribution < 1.29 is 8.78 Å². The molecule has 0 radical (unpaired) electrons. The molecule has 118 valence electrons. The average molecular weight is 312 g/mol. The molecule has 1 heterocycles. The minimum atomic E-state index is -0.931. The lowest BCUT2D eigenvalue weighted by Crippen LogP contribution is -2.42. The second-order valence-electron chi connectivity index (χ2n) is 6.08. The maximum atomic E-state index is 14.1. The van der Waals surface area contributed by atoms with Crippen LogP contribution in [-0.4, -0.2) is 18.0 Å². The van der Waals surface area contributed by atoms with Crippen LogP contribution in [0.3, 0.4) is 0 Å². The van der Waals surface area contributed by atoms with Crippen molar-refractivity contribution in [2.45, 2.75) is 24.8 Å². The first-order chi connectivity index (χ1) is 11.1. The Balaban J connectivity index is 1.75. The van der Waals surface area contributed by atoms with Crippen molar-refractivity contribution in [1.82, 2.24) is 4.90 Å². The highest BCUT2D eigenvalue weighted by molar-refractivity contribution is 5.35. The van der Waals surface area contributed by atoms with Crippen LogP contribution < -0.4 is 0 Å². The standard InChI is InChI=1S/C19H18F2N2/c20-16-6-7-18(21)17(12-16)19(14-22)8-10-23(11-9-19)13-15-4-2-1-3-5-15/h1-7,12H,8-11,13H2. The van der Waals surface area contributed by atoms with Gasteiger partial charge in [0.25, 0.3) is 0 Å². The Morgan fingerprint density at radius 2 is 1.74 bits per heavy atom. The first-order valence-corrected chi connectivity index (χ1v) is 7.76. The van der Waals surface area contributed by atoms with Gasteiger partial charge < -0.3 is 0 Å². The topological polar surface area (TPSA) is 27.0 Å². The van der Waals surface area contributed by atoms with E-state index < -0.39 is 17.0 Å². The molecule has 0 saturated carbocycles. The maximum Gasteiger partial charge on any atom is 0.128 e. The second-order valence-corrected chi connectivity index (χ2v) is 6.08. The van der Waals surface area contributed by atoms with E-state index in [1.807, 2.05) is 18.2 Å². The third kappa shape index (κ3) is 3.25. The molecule has 0 N–H and O–H groups in total. The van der Waals surface area contributed by atoms with Crippen molar-refractivity contribution >= 4 is 0 Å². The van der Waals surface area contributed by atoms with Gasteiger partial charge in [0.15, 0.2) is 0 Å². The van der Waals surface area contributed by atoms with Crippen LogP contribution in [0.4, 0.5) is 8.78 Å². The summed E-state index contributed by atoms with van der Waals surface area (Å²) >= 11 is 0. The van der Waals surface area contributed by atoms with Gasteiger partial charge in [-0.25, -0.2) is 8.78 Å². The van der Waals surface area contributed by atoms with E-state index in [1.165, 1.54) is 11.6 Å². The number of halogens is 2. The highest BCUT2D eigenvalue weighted by atomic mass is 19.1. The van der Waals surface area contributed by atoms with Crippen LogP contribution in [0, 0.1) is 23.0 Å². The van der Waals surface area contributed by atoms with E-state index in [4.69, 9.17) is 0 Å². The van der Waals surface area contributed by atoms with E-state index in [9.17, 15) is 14.0 Å². The van der Waals surface area contributed by atoms with Gasteiger partial charge in [-0.05, 0) is 36.6 Å². The third-order valence-corrected chi connectivity index (χ3v) is 4.62. The Labute approximate surface area is 135 Å². The zero-order chi connectivity index (χ0) is 16.3. The minimum Gasteiger partial charge on any atom is -0.299 e. The maximum absolute atomic E-state index is 14.1. The lowest BCUT2D eigenvalue weighted by Gasteiger charge is -2.37. The van der Waals surface area contributed by atoms with Gasteiger partial charge in [-0.2, -0.15) is 5.26 Å². The molecule has 0 amide bonds. The van der Waals surface area contributed by atoms with E-state index in [-0.39, 0.29) is 5.56 Å². The number of benzene rings is 2. The fraction of sp³-hybridized carbons (Fsp3) is 0.316. The molecule has 0 spiro atoms. The first kappa shape index (κ1) is 15.6. The van der Waals surface area contributed by atoms with Gasteiger partial charge in [-0.15, -0.1) is 0 Å². The van der Waals surface area contributed by atoms with Crippen LogP contribution in [0.5, 0.6) is 0 Å². The zero-order valence-electron chi connectivity index (χ0n) is 12.8. The summed E-state index contributed by atoms with van der Waals surface area (Å²) in [6.45, 7) is 2.20. The minimum absolute atomic E-state index is 0.194. The van der Waals surface area contributed by atoms with Gasteiger partial charge in [0.1, 0.15) is 11.6 Å². The Bertz CT molecular complexity index is 714. The third-order valence-electron chi connectivity index (χ3n) is 4.62. The van der Waals surface area contributed by atoms with Gasteiger partial charge in [0, 0.05) is 25.2 Å². The summed E-state index contributed by atoms with van der Waals surface area (Å²) in [5.74, 6) is -0.993. The SMILES string of the molecule is N#CC1(c2cc(F)ccc2F)CCN(Cc2ccccc2)CC1. The van der Waals surface area contributed by atoms with E-state index in [0.29, 0.717) is 25.9 Å². The molecule has 2 nitrogen and oxygen atoms in total. The predicted octanol–water partition coefficient (Wildman–Crippen LogP) is 4.02. The monoisotopic (exact) mass is 312 g/mol. The summed E-state index contributed by atoms with van der Waals surface area (Å²) in [7, 11) is 0. The Hall–Kier alpha value is -2.25. The van der Waals surface area contributed by atoms with Crippen LogP contribution in [0.25, 0.3) is 0 Å². The molecule has 1 aliphatic heterocycles. The van der Waals surface area contributed by atoms with Gasteiger partial charge in [-0.1, -0.05) is 30.3 Å². The Kier molecular flexibility index (Phi) is 4.40. The van der Waals surface area contributed by atoms with Crippen LogP contribution in [0.15, 0.2) is 48.5 Å². The molecule has 0 unspecified atom stereocenters. The Morgan fingerprint density at radius 1 is 1.04 bits per heavy atom. The van der Waals surface area contributed by atoms with Crippen LogP contribution in [0.2, 0.25) is 0 Å². The van der Waals surface area contributed by atoms with E-state index in [2.05, 4.69) is 23.1 Å². The van der Waals surface area contributed by atoms with Gasteiger partial charge in [0.2, 0.25) is 0 Å². The summed E-state index contributed by atoms with van der Waals surface area (Å²) < 4.78 is 27.6. The van der Waals surface area contributed by atoms with Crippen molar-refractivity contribution in [3.8, 4) is 6.07 Å². The number of nitriles is 1. The second kappa shape index (κ2) is 6.47. The van der Waals surface area contributed by atoms with Gasteiger partial charge >= 0.3 is 0 Å². The van der Waals surface area contributed by atoms with Crippen molar-refractivity contribution in [2.75, 3.05) is 13.1 Å². The number of nitrogens with zero attached hydrogens (tertiary/aromatic N) is 2. The highest BCUT2D eigenvalue weighted by Crippen LogP contribution is 2.37. The lowest BCUT2D eigenvalue weighted by molar-refractivity contribution is 0.177. The fourth-order valence-corrected chi connectivity index (χ4v) is 3.24. The molecule has 2 aromatic carbocycles. The summed E-state index contributed by atoms with van der Waals surface area (Å²) in [6.07, 6.45) is 1.02. The molecule has 0 aliphatic carbocycles. The molecule has 2 aromatic rings. The van der Waals surface area contributed by atoms with E-state index >= 15 is 0 Å². The van der Waals surface area contributed by atoms with Crippen molar-refractivity contribution in [3.05, 3.63) is 71.3 Å². The van der Waals surface area contributed by atoms with Gasteiger partial charge in [0.05, 0.1) is 11.5 Å². The van der Waals surface area contributed by atoms with Crippen LogP contribution in [-0.2, 0) is 12.0 Å². The quantitative estimate of drug-likeness (QED) is 0.856. The zero-order valence-corrected chi connectivity index (χ0v) is 12.8. The molecule has 1 aliphatic rings. The summed E-state index contributed by atoms with van der Waals surface area (Å²) in [4.78, 5) is 2.25. The molecular formula is C19H18F2N2. The molecule has 4 heteroatoms. The number of rotatable bonds is 3. The van der Waals surface area contributed by atoms with Crippen molar-refractivity contribution in [1.29, 1.82) is 5.26 Å². The first-order valence-electron chi connectivity index (χ1n) is 7.76. The van der Waals surface area contributed by atoms with E-state index in [1.54, 1.807) is 0 Å². The average Bonchev–Trinajstić information content (AvgIpc) is 2.59. The molecule has 0 atom stereocenters. The molecule has 0 aromatic heterocycles. The number of hydrogen-bond acceptors (Lipinski definition) is 2. The predicted molar refractivity (Wildman–Crippen MR) is 84.6 cm³/mol. The van der Waals surface area contributed by atoms with Crippen LogP contribution in [0.1, 0.15) is 24.0 Å². The molecule has 1 saturated heterocycles. The summed E-state index contributed by atoms with van der Waals surface area (Å²) in [5.41, 5.74) is 0.479. The van der Waals surface area contributed by atoms with Gasteiger partial charge in [-0.3, -0.25) is 4.90 Å². The van der Waals surface area contributed by atoms with Crippen molar-refractivity contribution in [3.63, 3.8) is 0 Å². The largest absolute Gasteiger partial charge is 0.299 e. The van der Waals surface area contributed by atoms with Crippen molar-refractivity contribution in [2.24, 2.45) is 0 Å². The molecule has 23 heavy (non-hydrogen) atoms. The highest BCUT2D eigenvalue weighted by Gasteiger charge is 2.38. The fourth-order valence-electron chi connectivity index (χ4n) is 3.24. The smallest absolute Gasteiger partial charge is 0.128 e. The summed E-state index contributed by atoms with van der Waals surface area (Å²) in [6, 6.07) is 15.7. The normalized spacial score (nSPS) is 17.6. The number of hydrogen-bond donors (Lipinski definition) is 0. The van der Waals surface area contributed by atoms with E-state index in [0.717, 1.165) is 18.7 Å².